The third-order valence-corrected chi connectivity index (χ3v) is 8.40. The van der Waals surface area contributed by atoms with Gasteiger partial charge in [-0.3, -0.25) is 0 Å². The van der Waals surface area contributed by atoms with Gasteiger partial charge in [0.25, 0.3) is 0 Å². The van der Waals surface area contributed by atoms with Crippen LogP contribution in [0, 0.1) is 6.92 Å². The van der Waals surface area contributed by atoms with Crippen molar-refractivity contribution < 1.29 is 0 Å². The number of rotatable bonds is 11. The summed E-state index contributed by atoms with van der Waals surface area (Å²) in [6.07, 6.45) is 43.3. The Kier molecular flexibility index (Phi) is 13.4. The SMILES string of the molecule is C=C/C=C(\C=C/C)n1c(/C=C(C)/C2=C/C=C/C=C/C=C(N/C=C/C=C\C=C/c3ccc(-c4ccccc4)cc3)\C=C/C=C\2)c(C)c2ccccc21. The third kappa shape index (κ3) is 10.1. The van der Waals surface area contributed by atoms with Crippen molar-refractivity contribution in [3.8, 4) is 11.1 Å². The van der Waals surface area contributed by atoms with Crippen molar-refractivity contribution in [2.24, 2.45) is 0 Å². The van der Waals surface area contributed by atoms with Gasteiger partial charge in [-0.15, -0.1) is 0 Å². The Morgan fingerprint density at radius 3 is 2.22 bits per heavy atom. The van der Waals surface area contributed by atoms with E-state index in [1.807, 2.05) is 55.6 Å². The first-order valence-electron chi connectivity index (χ1n) is 17.4. The van der Waals surface area contributed by atoms with Gasteiger partial charge >= 0.3 is 0 Å². The number of hydrogen-bond donors (Lipinski definition) is 1. The molecule has 4 aromatic rings. The zero-order valence-corrected chi connectivity index (χ0v) is 29.8. The van der Waals surface area contributed by atoms with E-state index in [0.29, 0.717) is 0 Å². The molecule has 5 rings (SSSR count). The van der Waals surface area contributed by atoms with E-state index in [2.05, 4.69) is 188 Å². The van der Waals surface area contributed by atoms with Crippen LogP contribution >= 0.6 is 0 Å². The van der Waals surface area contributed by atoms with Crippen LogP contribution in [0.4, 0.5) is 0 Å². The van der Waals surface area contributed by atoms with Gasteiger partial charge < -0.3 is 9.88 Å². The van der Waals surface area contributed by atoms with Gasteiger partial charge in [-0.05, 0) is 96.7 Å². The maximum absolute atomic E-state index is 3.97. The molecular formula is C49H46N2. The van der Waals surface area contributed by atoms with E-state index < -0.39 is 0 Å². The van der Waals surface area contributed by atoms with Gasteiger partial charge in [0.2, 0.25) is 0 Å². The van der Waals surface area contributed by atoms with Crippen molar-refractivity contribution in [1.82, 2.24) is 9.88 Å². The minimum absolute atomic E-state index is 0.979. The first kappa shape index (κ1) is 35.9. The molecule has 0 saturated carbocycles. The monoisotopic (exact) mass is 662 g/mol. The molecule has 3 aromatic carbocycles. The van der Waals surface area contributed by atoms with Gasteiger partial charge in [-0.1, -0.05) is 164 Å². The molecule has 1 aliphatic rings. The normalized spacial score (nSPS) is 19.0. The second kappa shape index (κ2) is 19.0. The minimum atomic E-state index is 0.979. The number of aryl methyl sites for hydroxylation is 1. The van der Waals surface area contributed by atoms with Gasteiger partial charge in [0, 0.05) is 23.0 Å². The quantitative estimate of drug-likeness (QED) is 0.158. The molecule has 0 aliphatic heterocycles. The second-order valence-corrected chi connectivity index (χ2v) is 12.0. The van der Waals surface area contributed by atoms with Crippen LogP contribution < -0.4 is 5.32 Å². The summed E-state index contributed by atoms with van der Waals surface area (Å²) in [6, 6.07) is 27.6. The number of hydrogen-bond acceptors (Lipinski definition) is 1. The number of nitrogens with one attached hydrogen (secondary N) is 1. The van der Waals surface area contributed by atoms with Crippen LogP contribution in [0.15, 0.2) is 218 Å². The van der Waals surface area contributed by atoms with Crippen molar-refractivity contribution in [1.29, 1.82) is 0 Å². The number of fused-ring (bicyclic) bond motifs is 1. The van der Waals surface area contributed by atoms with E-state index in [1.54, 1.807) is 0 Å². The van der Waals surface area contributed by atoms with E-state index >= 15 is 0 Å². The number of para-hydroxylation sites is 1. The Morgan fingerprint density at radius 1 is 0.725 bits per heavy atom. The summed E-state index contributed by atoms with van der Waals surface area (Å²) >= 11 is 0. The summed E-state index contributed by atoms with van der Waals surface area (Å²) in [5, 5.41) is 4.63. The van der Waals surface area contributed by atoms with Crippen molar-refractivity contribution in [2.75, 3.05) is 0 Å². The van der Waals surface area contributed by atoms with Crippen LogP contribution in [0.25, 0.3) is 39.9 Å². The van der Waals surface area contributed by atoms with Crippen molar-refractivity contribution in [3.05, 3.63) is 235 Å². The predicted octanol–water partition coefficient (Wildman–Crippen LogP) is 13.0. The molecule has 0 atom stereocenters. The fourth-order valence-corrected chi connectivity index (χ4v) is 5.80. The Balaban J connectivity index is 1.26. The van der Waals surface area contributed by atoms with Crippen LogP contribution in [-0.4, -0.2) is 4.57 Å². The van der Waals surface area contributed by atoms with Crippen LogP contribution in [0.2, 0.25) is 0 Å². The van der Waals surface area contributed by atoms with E-state index in [-0.39, 0.29) is 0 Å². The largest absolute Gasteiger partial charge is 0.362 e. The fourth-order valence-electron chi connectivity index (χ4n) is 5.80. The third-order valence-electron chi connectivity index (χ3n) is 8.40. The van der Waals surface area contributed by atoms with Crippen LogP contribution in [0.1, 0.15) is 30.7 Å². The van der Waals surface area contributed by atoms with E-state index in [4.69, 9.17) is 0 Å². The Labute approximate surface area is 304 Å². The molecule has 1 aromatic heterocycles. The first-order chi connectivity index (χ1) is 25.1. The first-order valence-corrected chi connectivity index (χ1v) is 17.4. The number of benzene rings is 3. The Bertz CT molecular complexity index is 2170. The van der Waals surface area contributed by atoms with E-state index in [1.165, 1.54) is 33.2 Å². The molecule has 0 radical (unpaired) electrons. The molecule has 2 heteroatoms. The van der Waals surface area contributed by atoms with Gasteiger partial charge in [0.15, 0.2) is 0 Å². The zero-order chi connectivity index (χ0) is 35.7. The lowest BCUT2D eigenvalue weighted by atomic mass is 10.0. The summed E-state index contributed by atoms with van der Waals surface area (Å²) in [5.74, 6) is 0. The summed E-state index contributed by atoms with van der Waals surface area (Å²) in [4.78, 5) is 0. The van der Waals surface area contributed by atoms with E-state index in [9.17, 15) is 0 Å². The maximum atomic E-state index is 3.97. The summed E-state index contributed by atoms with van der Waals surface area (Å²) in [5.41, 5.74) is 11.5. The highest BCUT2D eigenvalue weighted by Crippen LogP contribution is 2.32. The fraction of sp³-hybridized carbons (Fsp3) is 0.0612. The molecule has 0 bridgehead atoms. The average molecular weight is 663 g/mol. The summed E-state index contributed by atoms with van der Waals surface area (Å²) < 4.78 is 2.32. The van der Waals surface area contributed by atoms with Crippen molar-refractivity contribution >= 4 is 28.8 Å². The molecule has 51 heavy (non-hydrogen) atoms. The number of aromatic nitrogens is 1. The summed E-state index contributed by atoms with van der Waals surface area (Å²) in [6.45, 7) is 10.4. The molecule has 2 nitrogen and oxygen atoms in total. The molecule has 0 fully saturated rings. The predicted molar refractivity (Wildman–Crippen MR) is 225 cm³/mol. The summed E-state index contributed by atoms with van der Waals surface area (Å²) in [7, 11) is 0. The molecule has 252 valence electrons. The molecule has 1 heterocycles. The molecular weight excluding hydrogens is 617 g/mol. The molecule has 1 aliphatic carbocycles. The number of nitrogens with zero attached hydrogens (tertiary/aromatic N) is 1. The van der Waals surface area contributed by atoms with Gasteiger partial charge in [0.05, 0.1) is 11.2 Å². The Hall–Kier alpha value is -6.38. The molecule has 0 unspecified atom stereocenters. The topological polar surface area (TPSA) is 17.0 Å². The highest BCUT2D eigenvalue weighted by atomic mass is 15.0. The standard InChI is InChI=1S/C49H46N2/c1-5-22-46(23-6-2)51-48-32-20-19-31-47(48)40(4)49(51)38-39(3)42-25-13-7-8-16-29-45(30-18-17-26-42)50-37-21-10-9-12-24-41-33-35-44(36-34-41)43-27-14-11-15-28-43/h5-38,50H,1H2,2-4H3/b8-7?,10-9-,13-7+,16-8+,18-17?,23-6-,24-12-,25-13?,26-17-,29-16?,30-18-,37-21+,39-38+,42-25+,42-26?,45-29+,45-30?,46-22+. The molecule has 0 saturated heterocycles. The van der Waals surface area contributed by atoms with Crippen molar-refractivity contribution in [2.45, 2.75) is 20.8 Å². The average Bonchev–Trinajstić information content (AvgIpc) is 3.42. The van der Waals surface area contributed by atoms with Crippen LogP contribution in [0.3, 0.4) is 0 Å². The van der Waals surface area contributed by atoms with Crippen LogP contribution in [0.5, 0.6) is 0 Å². The minimum Gasteiger partial charge on any atom is -0.362 e. The van der Waals surface area contributed by atoms with Gasteiger partial charge in [-0.2, -0.15) is 0 Å². The highest BCUT2D eigenvalue weighted by Gasteiger charge is 2.14. The van der Waals surface area contributed by atoms with Crippen LogP contribution in [-0.2, 0) is 0 Å². The van der Waals surface area contributed by atoms with E-state index in [0.717, 1.165) is 28.2 Å². The highest BCUT2D eigenvalue weighted by molar-refractivity contribution is 5.92. The lowest BCUT2D eigenvalue weighted by molar-refractivity contribution is 1.11. The Morgan fingerprint density at radius 2 is 1.43 bits per heavy atom. The van der Waals surface area contributed by atoms with Crippen molar-refractivity contribution in [3.63, 3.8) is 0 Å². The molecule has 0 spiro atoms. The smallest absolute Gasteiger partial charge is 0.0537 e. The zero-order valence-electron chi connectivity index (χ0n) is 29.8. The van der Waals surface area contributed by atoms with Gasteiger partial charge in [-0.25, -0.2) is 0 Å². The molecule has 1 N–H and O–H groups in total. The lowest BCUT2D eigenvalue weighted by Gasteiger charge is -2.12. The maximum Gasteiger partial charge on any atom is 0.0537 e. The lowest BCUT2D eigenvalue weighted by Crippen LogP contribution is -2.01. The van der Waals surface area contributed by atoms with Gasteiger partial charge in [0.1, 0.15) is 0 Å². The number of allylic oxidation sites excluding steroid dienone is 21. The molecule has 0 amide bonds. The second-order valence-electron chi connectivity index (χ2n) is 12.0.